The number of hydrazine groups is 1. The maximum absolute atomic E-state index is 11.8. The summed E-state index contributed by atoms with van der Waals surface area (Å²) in [6, 6.07) is 7.25. The van der Waals surface area contributed by atoms with E-state index in [9.17, 15) is 4.79 Å². The molecule has 4 rings (SSSR count). The van der Waals surface area contributed by atoms with Crippen LogP contribution in [0.4, 0.5) is 4.79 Å². The lowest BCUT2D eigenvalue weighted by Crippen LogP contribution is -2.37. The fraction of sp³-hybridized carbons (Fsp3) is 0.632. The van der Waals surface area contributed by atoms with Crippen molar-refractivity contribution < 1.29 is 14.3 Å². The lowest BCUT2D eigenvalue weighted by molar-refractivity contribution is 0.00716. The minimum absolute atomic E-state index is 0.272. The van der Waals surface area contributed by atoms with Gasteiger partial charge in [0.15, 0.2) is 0 Å². The van der Waals surface area contributed by atoms with Gasteiger partial charge in [0.1, 0.15) is 6.61 Å². The third-order valence-electron chi connectivity index (χ3n) is 5.54. The first-order valence-electron chi connectivity index (χ1n) is 9.33. The fourth-order valence-corrected chi connectivity index (χ4v) is 4.37. The highest BCUT2D eigenvalue weighted by molar-refractivity contribution is 5.67. The van der Waals surface area contributed by atoms with Crippen LogP contribution in [-0.4, -0.2) is 31.4 Å². The first-order chi connectivity index (χ1) is 12.2. The Morgan fingerprint density at radius 1 is 1.16 bits per heavy atom. The SMILES string of the molecule is Cc1cc2cc(c1)C1NNC3CCC(CC31)OCCCNC(=O)OC2. The van der Waals surface area contributed by atoms with Gasteiger partial charge in [-0.25, -0.2) is 10.2 Å². The molecule has 1 aliphatic carbocycles. The lowest BCUT2D eigenvalue weighted by atomic mass is 9.78. The molecule has 3 N–H and O–H groups in total. The van der Waals surface area contributed by atoms with E-state index in [-0.39, 0.29) is 12.1 Å². The number of cyclic esters (lactones) is 1. The van der Waals surface area contributed by atoms with Gasteiger partial charge < -0.3 is 14.8 Å². The number of alkyl carbamates (subject to hydrolysis) is 1. The molecule has 0 aromatic heterocycles. The third-order valence-corrected chi connectivity index (χ3v) is 5.54. The van der Waals surface area contributed by atoms with Gasteiger partial charge in [-0.15, -0.1) is 0 Å². The maximum Gasteiger partial charge on any atom is 0.407 e. The number of carbonyl (C=O) groups is 1. The van der Waals surface area contributed by atoms with Gasteiger partial charge in [0, 0.05) is 19.2 Å². The predicted octanol–water partition coefficient (Wildman–Crippen LogP) is 2.33. The molecular weight excluding hydrogens is 318 g/mol. The summed E-state index contributed by atoms with van der Waals surface area (Å²) in [4.78, 5) is 11.8. The van der Waals surface area contributed by atoms with Crippen LogP contribution in [0, 0.1) is 12.8 Å². The number of aryl methyl sites for hydroxylation is 1. The van der Waals surface area contributed by atoms with Crippen molar-refractivity contribution in [2.75, 3.05) is 13.2 Å². The molecule has 4 bridgehead atoms. The summed E-state index contributed by atoms with van der Waals surface area (Å²) >= 11 is 0. The smallest absolute Gasteiger partial charge is 0.407 e. The highest BCUT2D eigenvalue weighted by Gasteiger charge is 2.41. The Kier molecular flexibility index (Phi) is 4.92. The Bertz CT molecular complexity index is 636. The Morgan fingerprint density at radius 3 is 3.00 bits per heavy atom. The molecule has 0 radical (unpaired) electrons. The molecule has 1 amide bonds. The van der Waals surface area contributed by atoms with Gasteiger partial charge in [-0.05, 0) is 49.7 Å². The molecule has 4 atom stereocenters. The molecule has 4 unspecified atom stereocenters. The van der Waals surface area contributed by atoms with E-state index in [2.05, 4.69) is 41.3 Å². The van der Waals surface area contributed by atoms with E-state index in [1.807, 2.05) is 0 Å². The normalized spacial score (nSPS) is 32.9. The molecular formula is C19H27N3O3. The molecule has 3 aliphatic rings. The second-order valence-corrected chi connectivity index (χ2v) is 7.45. The minimum Gasteiger partial charge on any atom is -0.445 e. The second-order valence-electron chi connectivity index (χ2n) is 7.45. The summed E-state index contributed by atoms with van der Waals surface area (Å²) < 4.78 is 11.4. The highest BCUT2D eigenvalue weighted by atomic mass is 16.5. The van der Waals surface area contributed by atoms with Crippen molar-refractivity contribution in [1.29, 1.82) is 0 Å². The Morgan fingerprint density at radius 2 is 2.08 bits per heavy atom. The van der Waals surface area contributed by atoms with Crippen LogP contribution >= 0.6 is 0 Å². The molecule has 0 spiro atoms. The molecule has 1 saturated heterocycles. The molecule has 1 aromatic rings. The molecule has 6 heteroatoms. The fourth-order valence-electron chi connectivity index (χ4n) is 4.37. The molecule has 1 aromatic carbocycles. The summed E-state index contributed by atoms with van der Waals surface area (Å²) in [6.45, 7) is 3.66. The molecule has 136 valence electrons. The Hall–Kier alpha value is -1.63. The summed E-state index contributed by atoms with van der Waals surface area (Å²) in [5.74, 6) is 0.527. The van der Waals surface area contributed by atoms with Crippen LogP contribution in [0.3, 0.4) is 0 Å². The minimum atomic E-state index is -0.364. The molecule has 2 fully saturated rings. The third kappa shape index (κ3) is 3.81. The molecule has 25 heavy (non-hydrogen) atoms. The van der Waals surface area contributed by atoms with Gasteiger partial charge in [0.05, 0.1) is 12.1 Å². The first-order valence-corrected chi connectivity index (χ1v) is 9.33. The van der Waals surface area contributed by atoms with Crippen molar-refractivity contribution in [3.63, 3.8) is 0 Å². The zero-order chi connectivity index (χ0) is 17.2. The number of benzene rings is 1. The zero-order valence-electron chi connectivity index (χ0n) is 14.7. The number of hydrogen-bond donors (Lipinski definition) is 3. The van der Waals surface area contributed by atoms with E-state index in [1.165, 1.54) is 11.1 Å². The number of rotatable bonds is 0. The summed E-state index contributed by atoms with van der Waals surface area (Å²) in [7, 11) is 0. The van der Waals surface area contributed by atoms with Crippen LogP contribution in [-0.2, 0) is 16.1 Å². The van der Waals surface area contributed by atoms with Crippen molar-refractivity contribution in [3.8, 4) is 0 Å². The predicted molar refractivity (Wildman–Crippen MR) is 93.9 cm³/mol. The van der Waals surface area contributed by atoms with Crippen LogP contribution in [0.25, 0.3) is 0 Å². The topological polar surface area (TPSA) is 71.6 Å². The van der Waals surface area contributed by atoms with E-state index in [4.69, 9.17) is 9.47 Å². The molecule has 6 nitrogen and oxygen atoms in total. The monoisotopic (exact) mass is 345 g/mol. The van der Waals surface area contributed by atoms with Crippen molar-refractivity contribution in [2.24, 2.45) is 5.92 Å². The molecule has 1 saturated carbocycles. The van der Waals surface area contributed by atoms with Gasteiger partial charge in [-0.1, -0.05) is 23.8 Å². The van der Waals surface area contributed by atoms with Crippen molar-refractivity contribution in [3.05, 3.63) is 34.9 Å². The van der Waals surface area contributed by atoms with Gasteiger partial charge in [-0.2, -0.15) is 0 Å². The van der Waals surface area contributed by atoms with E-state index in [0.717, 1.165) is 31.2 Å². The van der Waals surface area contributed by atoms with Gasteiger partial charge in [-0.3, -0.25) is 5.43 Å². The molecule has 2 aliphatic heterocycles. The molecule has 2 heterocycles. The number of ether oxygens (including phenoxy) is 2. The summed E-state index contributed by atoms with van der Waals surface area (Å²) in [6.07, 6.45) is 4.06. The van der Waals surface area contributed by atoms with Crippen LogP contribution in [0.1, 0.15) is 48.4 Å². The number of carbonyl (C=O) groups excluding carboxylic acids is 1. The number of fused-ring (bicyclic) bond motifs is 4. The Balaban J connectivity index is 1.61. The zero-order valence-corrected chi connectivity index (χ0v) is 14.7. The van der Waals surface area contributed by atoms with Crippen LogP contribution in [0.2, 0.25) is 0 Å². The first kappa shape index (κ1) is 16.8. The Labute approximate surface area is 148 Å². The largest absolute Gasteiger partial charge is 0.445 e. The van der Waals surface area contributed by atoms with Crippen molar-refractivity contribution in [1.82, 2.24) is 16.2 Å². The van der Waals surface area contributed by atoms with Crippen LogP contribution in [0.15, 0.2) is 18.2 Å². The lowest BCUT2D eigenvalue weighted by Gasteiger charge is -2.33. The number of amides is 1. The number of nitrogens with one attached hydrogen (secondary N) is 3. The average molecular weight is 345 g/mol. The van der Waals surface area contributed by atoms with Gasteiger partial charge >= 0.3 is 6.09 Å². The van der Waals surface area contributed by atoms with E-state index in [0.29, 0.717) is 37.8 Å². The van der Waals surface area contributed by atoms with Crippen molar-refractivity contribution in [2.45, 2.75) is 57.4 Å². The number of hydrogen-bond acceptors (Lipinski definition) is 5. The van der Waals surface area contributed by atoms with E-state index >= 15 is 0 Å². The average Bonchev–Trinajstić information content (AvgIpc) is 3.02. The standard InChI is InChI=1S/C19H27N3O3/c1-12-7-13-9-14(8-12)18-16-10-15(3-4-17(16)21-22-18)24-6-2-5-20-19(23)25-11-13/h7-9,15-18,21-22H,2-6,10-11H2,1H3,(H,20,23). The second kappa shape index (κ2) is 7.32. The van der Waals surface area contributed by atoms with Gasteiger partial charge in [0.25, 0.3) is 0 Å². The van der Waals surface area contributed by atoms with E-state index in [1.54, 1.807) is 0 Å². The van der Waals surface area contributed by atoms with Gasteiger partial charge in [0.2, 0.25) is 0 Å². The van der Waals surface area contributed by atoms with Crippen LogP contribution < -0.4 is 16.2 Å². The maximum atomic E-state index is 11.8. The van der Waals surface area contributed by atoms with Crippen LogP contribution in [0.5, 0.6) is 0 Å². The van der Waals surface area contributed by atoms with E-state index < -0.39 is 0 Å². The highest BCUT2D eigenvalue weighted by Crippen LogP contribution is 2.39. The summed E-state index contributed by atoms with van der Waals surface area (Å²) in [5.41, 5.74) is 10.5. The van der Waals surface area contributed by atoms with Crippen molar-refractivity contribution >= 4 is 6.09 Å². The quantitative estimate of drug-likeness (QED) is 0.673. The summed E-state index contributed by atoms with van der Waals surface area (Å²) in [5, 5.41) is 2.79.